The van der Waals surface area contributed by atoms with Crippen molar-refractivity contribution in [3.63, 3.8) is 0 Å². The molecule has 0 spiro atoms. The summed E-state index contributed by atoms with van der Waals surface area (Å²) in [5.41, 5.74) is 0.292. The second kappa shape index (κ2) is 11.5. The summed E-state index contributed by atoms with van der Waals surface area (Å²) in [7, 11) is 0. The Morgan fingerprint density at radius 2 is 1.58 bits per heavy atom. The summed E-state index contributed by atoms with van der Waals surface area (Å²) < 4.78 is 0. The van der Waals surface area contributed by atoms with Crippen molar-refractivity contribution in [3.05, 3.63) is 0 Å². The molecule has 0 saturated carbocycles. The van der Waals surface area contributed by atoms with E-state index in [-0.39, 0.29) is 35.1 Å². The molecule has 0 atom stereocenters. The highest BCUT2D eigenvalue weighted by Gasteiger charge is 2.27. The van der Waals surface area contributed by atoms with Gasteiger partial charge in [0.1, 0.15) is 0 Å². The van der Waals surface area contributed by atoms with Gasteiger partial charge >= 0.3 is 0 Å². The first-order valence-corrected chi connectivity index (χ1v) is 9.27. The molecule has 144 valence electrons. The number of aliphatic imine (C=N–C) groups is 1. The van der Waals surface area contributed by atoms with E-state index in [1.54, 1.807) is 0 Å². The van der Waals surface area contributed by atoms with Crippen molar-refractivity contribution in [3.8, 4) is 0 Å². The molecule has 0 radical (unpaired) electrons. The maximum absolute atomic E-state index is 4.82. The van der Waals surface area contributed by atoms with Crippen LogP contribution in [0.25, 0.3) is 0 Å². The third-order valence-electron chi connectivity index (χ3n) is 4.25. The maximum atomic E-state index is 4.82. The van der Waals surface area contributed by atoms with E-state index in [2.05, 4.69) is 62.4 Å². The van der Waals surface area contributed by atoms with E-state index in [1.807, 2.05) is 0 Å². The molecule has 0 amide bonds. The molecule has 6 heteroatoms. The van der Waals surface area contributed by atoms with Crippen molar-refractivity contribution < 1.29 is 0 Å². The first kappa shape index (κ1) is 23.9. The number of likely N-dealkylation sites (tertiary alicyclic amines) is 1. The number of rotatable bonds is 7. The van der Waals surface area contributed by atoms with Crippen LogP contribution in [0, 0.1) is 0 Å². The number of hydrogen-bond donors (Lipinski definition) is 3. The van der Waals surface area contributed by atoms with Crippen LogP contribution in [0.1, 0.15) is 60.8 Å². The number of halogens is 1. The molecule has 3 N–H and O–H groups in total. The van der Waals surface area contributed by atoms with Crippen LogP contribution in [0.4, 0.5) is 0 Å². The van der Waals surface area contributed by atoms with Gasteiger partial charge in [-0.05, 0) is 67.5 Å². The average molecular weight is 453 g/mol. The lowest BCUT2D eigenvalue weighted by molar-refractivity contribution is 0.102. The summed E-state index contributed by atoms with van der Waals surface area (Å²) in [6.07, 6.45) is 4.02. The number of nitrogens with zero attached hydrogens (tertiary/aromatic N) is 2. The lowest BCUT2D eigenvalue weighted by Crippen LogP contribution is -2.50. The molecule has 5 nitrogen and oxygen atoms in total. The quantitative estimate of drug-likeness (QED) is 0.240. The number of guanidine groups is 1. The maximum Gasteiger partial charge on any atom is 0.191 e. The Bertz CT molecular complexity index is 357. The monoisotopic (exact) mass is 453 g/mol. The van der Waals surface area contributed by atoms with E-state index in [0.29, 0.717) is 0 Å². The Kier molecular flexibility index (Phi) is 11.5. The first-order chi connectivity index (χ1) is 10.7. The van der Waals surface area contributed by atoms with Crippen molar-refractivity contribution in [1.82, 2.24) is 20.9 Å². The molecule has 1 aliphatic heterocycles. The zero-order chi connectivity index (χ0) is 17.3. The highest BCUT2D eigenvalue weighted by molar-refractivity contribution is 14.0. The van der Waals surface area contributed by atoms with Gasteiger partial charge in [-0.1, -0.05) is 6.42 Å². The zero-order valence-electron chi connectivity index (χ0n) is 16.7. The Morgan fingerprint density at radius 3 is 2.12 bits per heavy atom. The normalized spacial score (nSPS) is 17.3. The Hall–Kier alpha value is -0.0800. The van der Waals surface area contributed by atoms with Gasteiger partial charge in [0, 0.05) is 30.7 Å². The topological polar surface area (TPSA) is 51.7 Å². The fourth-order valence-corrected chi connectivity index (χ4v) is 2.83. The molecule has 1 saturated heterocycles. The van der Waals surface area contributed by atoms with E-state index in [1.165, 1.54) is 32.4 Å². The van der Waals surface area contributed by atoms with Gasteiger partial charge < -0.3 is 16.0 Å². The SMILES string of the molecule is CCNC(=NCC(C)(C)N1CCCCC1)NCCNC(C)(C)C.I. The molecule has 0 unspecified atom stereocenters. The van der Waals surface area contributed by atoms with Crippen LogP contribution in [0.3, 0.4) is 0 Å². The zero-order valence-corrected chi connectivity index (χ0v) is 19.0. The highest BCUT2D eigenvalue weighted by atomic mass is 127. The lowest BCUT2D eigenvalue weighted by atomic mass is 9.99. The smallest absolute Gasteiger partial charge is 0.191 e. The van der Waals surface area contributed by atoms with E-state index in [4.69, 9.17) is 4.99 Å². The van der Waals surface area contributed by atoms with Gasteiger partial charge in [0.15, 0.2) is 5.96 Å². The molecule has 0 bridgehead atoms. The summed E-state index contributed by atoms with van der Waals surface area (Å²) in [5.74, 6) is 0.924. The summed E-state index contributed by atoms with van der Waals surface area (Å²) in [4.78, 5) is 7.41. The molecular weight excluding hydrogens is 413 g/mol. The van der Waals surface area contributed by atoms with Crippen LogP contribution in [0.2, 0.25) is 0 Å². The number of nitrogens with one attached hydrogen (secondary N) is 3. The van der Waals surface area contributed by atoms with Crippen molar-refractivity contribution in [2.75, 3.05) is 39.3 Å². The molecule has 1 aliphatic rings. The molecule has 0 aliphatic carbocycles. The van der Waals surface area contributed by atoms with Gasteiger partial charge in [-0.15, -0.1) is 24.0 Å². The summed E-state index contributed by atoms with van der Waals surface area (Å²) in [6.45, 7) is 19.3. The molecule has 0 aromatic rings. The van der Waals surface area contributed by atoms with Crippen LogP contribution in [-0.2, 0) is 0 Å². The van der Waals surface area contributed by atoms with E-state index >= 15 is 0 Å². The van der Waals surface area contributed by atoms with Gasteiger partial charge in [0.05, 0.1) is 6.54 Å². The van der Waals surface area contributed by atoms with Crippen molar-refractivity contribution in [2.45, 2.75) is 71.9 Å². The van der Waals surface area contributed by atoms with Crippen LogP contribution < -0.4 is 16.0 Å². The third-order valence-corrected chi connectivity index (χ3v) is 4.25. The second-order valence-electron chi connectivity index (χ2n) is 8.16. The van der Waals surface area contributed by atoms with Crippen LogP contribution in [-0.4, -0.2) is 61.2 Å². The van der Waals surface area contributed by atoms with Crippen molar-refractivity contribution in [1.29, 1.82) is 0 Å². The van der Waals surface area contributed by atoms with Gasteiger partial charge in [0.25, 0.3) is 0 Å². The summed E-state index contributed by atoms with van der Waals surface area (Å²) in [6, 6.07) is 0. The van der Waals surface area contributed by atoms with Gasteiger partial charge in [0.2, 0.25) is 0 Å². The van der Waals surface area contributed by atoms with E-state index in [9.17, 15) is 0 Å². The predicted octanol–water partition coefficient (Wildman–Crippen LogP) is 2.81. The molecular formula is C18H40IN5. The van der Waals surface area contributed by atoms with Crippen molar-refractivity contribution in [2.24, 2.45) is 4.99 Å². The Labute approximate surface area is 166 Å². The van der Waals surface area contributed by atoms with E-state index < -0.39 is 0 Å². The summed E-state index contributed by atoms with van der Waals surface area (Å²) >= 11 is 0. The second-order valence-corrected chi connectivity index (χ2v) is 8.16. The standard InChI is InChI=1S/C18H39N5.HI/c1-7-19-16(20-11-12-22-17(2,3)4)21-15-18(5,6)23-13-9-8-10-14-23;/h22H,7-15H2,1-6H3,(H2,19,20,21);1H. The summed E-state index contributed by atoms with van der Waals surface area (Å²) in [5, 5.41) is 10.3. The molecule has 24 heavy (non-hydrogen) atoms. The van der Waals surface area contributed by atoms with Crippen LogP contribution in [0.5, 0.6) is 0 Å². The van der Waals surface area contributed by atoms with Gasteiger partial charge in [-0.2, -0.15) is 0 Å². The van der Waals surface area contributed by atoms with E-state index in [0.717, 1.165) is 32.1 Å². The van der Waals surface area contributed by atoms with Crippen molar-refractivity contribution >= 4 is 29.9 Å². The molecule has 0 aromatic heterocycles. The van der Waals surface area contributed by atoms with Gasteiger partial charge in [-0.3, -0.25) is 9.89 Å². The first-order valence-electron chi connectivity index (χ1n) is 9.27. The minimum Gasteiger partial charge on any atom is -0.357 e. The fraction of sp³-hybridized carbons (Fsp3) is 0.944. The Morgan fingerprint density at radius 1 is 0.958 bits per heavy atom. The minimum atomic E-state index is 0. The molecule has 1 fully saturated rings. The fourth-order valence-electron chi connectivity index (χ4n) is 2.83. The third kappa shape index (κ3) is 10.0. The molecule has 0 aromatic carbocycles. The Balaban J connectivity index is 0.00000529. The van der Waals surface area contributed by atoms with Crippen LogP contribution >= 0.6 is 24.0 Å². The predicted molar refractivity (Wildman–Crippen MR) is 117 cm³/mol. The highest BCUT2D eigenvalue weighted by Crippen LogP contribution is 2.20. The van der Waals surface area contributed by atoms with Gasteiger partial charge in [-0.25, -0.2) is 0 Å². The molecule has 1 heterocycles. The molecule has 1 rings (SSSR count). The largest absolute Gasteiger partial charge is 0.357 e. The van der Waals surface area contributed by atoms with Crippen LogP contribution in [0.15, 0.2) is 4.99 Å². The minimum absolute atomic E-state index is 0. The lowest BCUT2D eigenvalue weighted by Gasteiger charge is -2.40. The number of piperidine rings is 1. The number of hydrogen-bond acceptors (Lipinski definition) is 3. The average Bonchev–Trinajstić information content (AvgIpc) is 2.49.